The van der Waals surface area contributed by atoms with Crippen molar-refractivity contribution in [3.63, 3.8) is 0 Å². The molecule has 1 N–H and O–H groups in total. The molecule has 0 aliphatic rings. The number of carbonyl (C=O) groups excluding carboxylic acids is 2. The number of nitrogens with one attached hydrogen (secondary N) is 1. The van der Waals surface area contributed by atoms with Crippen LogP contribution in [0.1, 0.15) is 9.67 Å². The van der Waals surface area contributed by atoms with Gasteiger partial charge in [0.05, 0.1) is 20.8 Å². The molecule has 0 radical (unpaired) electrons. The molecule has 3 aromatic rings. The second-order valence-corrected chi connectivity index (χ2v) is 7.21. The Hall–Kier alpha value is -1.79. The molecule has 128 valence electrons. The fourth-order valence-electron chi connectivity index (χ4n) is 2.13. The molecule has 0 spiro atoms. The molecule has 8 heteroatoms. The van der Waals surface area contributed by atoms with Crippen LogP contribution < -0.4 is 5.32 Å². The zero-order chi connectivity index (χ0) is 18.0. The van der Waals surface area contributed by atoms with E-state index in [9.17, 15) is 9.59 Å². The minimum Gasteiger partial charge on any atom is -0.451 e. The maximum absolute atomic E-state index is 12.2. The number of carbonyl (C=O) groups is 2. The van der Waals surface area contributed by atoms with Crippen molar-refractivity contribution in [3.05, 3.63) is 62.4 Å². The lowest BCUT2D eigenvalue weighted by molar-refractivity contribution is -0.119. The first-order chi connectivity index (χ1) is 12.0. The number of anilines is 1. The fourth-order valence-corrected chi connectivity index (χ4v) is 4.03. The summed E-state index contributed by atoms with van der Waals surface area (Å²) in [7, 11) is 0. The van der Waals surface area contributed by atoms with Crippen molar-refractivity contribution < 1.29 is 14.3 Å². The number of benzene rings is 2. The summed E-state index contributed by atoms with van der Waals surface area (Å²) in [5.41, 5.74) is 0.270. The van der Waals surface area contributed by atoms with Gasteiger partial charge in [-0.3, -0.25) is 4.79 Å². The number of ether oxygens (including phenoxy) is 1. The lowest BCUT2D eigenvalue weighted by Crippen LogP contribution is -2.21. The molecule has 0 saturated heterocycles. The van der Waals surface area contributed by atoms with Crippen LogP contribution in [0.5, 0.6) is 0 Å². The molecule has 0 aliphatic carbocycles. The van der Waals surface area contributed by atoms with Gasteiger partial charge >= 0.3 is 5.97 Å². The molecular formula is C17H10Cl3NO3S. The van der Waals surface area contributed by atoms with Crippen LogP contribution in [-0.4, -0.2) is 18.5 Å². The zero-order valence-corrected chi connectivity index (χ0v) is 15.6. The first-order valence-electron chi connectivity index (χ1n) is 7.05. The third-order valence-electron chi connectivity index (χ3n) is 3.28. The highest BCUT2D eigenvalue weighted by Gasteiger charge is 2.19. The van der Waals surface area contributed by atoms with Crippen LogP contribution in [0.3, 0.4) is 0 Å². The summed E-state index contributed by atoms with van der Waals surface area (Å²) in [6.45, 7) is -0.481. The van der Waals surface area contributed by atoms with E-state index in [4.69, 9.17) is 39.5 Å². The third-order valence-corrected chi connectivity index (χ3v) is 5.57. The van der Waals surface area contributed by atoms with Gasteiger partial charge in [-0.25, -0.2) is 4.79 Å². The lowest BCUT2D eigenvalue weighted by Gasteiger charge is -2.09. The molecule has 2 aromatic carbocycles. The van der Waals surface area contributed by atoms with Gasteiger partial charge < -0.3 is 10.1 Å². The third kappa shape index (κ3) is 3.90. The van der Waals surface area contributed by atoms with E-state index in [2.05, 4.69) is 5.32 Å². The molecule has 3 rings (SSSR count). The highest BCUT2D eigenvalue weighted by atomic mass is 35.5. The molecular weight excluding hydrogens is 405 g/mol. The number of para-hydroxylation sites is 1. The van der Waals surface area contributed by atoms with Gasteiger partial charge in [-0.15, -0.1) is 11.3 Å². The zero-order valence-electron chi connectivity index (χ0n) is 12.5. The van der Waals surface area contributed by atoms with E-state index in [1.807, 2.05) is 24.3 Å². The second-order valence-electron chi connectivity index (χ2n) is 4.96. The number of halogens is 3. The highest BCUT2D eigenvalue weighted by molar-refractivity contribution is 7.21. The van der Waals surface area contributed by atoms with Crippen molar-refractivity contribution in [2.45, 2.75) is 0 Å². The summed E-state index contributed by atoms with van der Waals surface area (Å²) >= 11 is 19.4. The van der Waals surface area contributed by atoms with Crippen molar-refractivity contribution >= 4 is 73.8 Å². The van der Waals surface area contributed by atoms with Gasteiger partial charge in [-0.1, -0.05) is 59.1 Å². The quantitative estimate of drug-likeness (QED) is 0.561. The lowest BCUT2D eigenvalue weighted by atomic mass is 10.2. The van der Waals surface area contributed by atoms with E-state index in [1.54, 1.807) is 18.2 Å². The Morgan fingerprint density at radius 1 is 1.00 bits per heavy atom. The van der Waals surface area contributed by atoms with E-state index in [0.717, 1.165) is 10.1 Å². The van der Waals surface area contributed by atoms with Crippen molar-refractivity contribution in [3.8, 4) is 0 Å². The van der Waals surface area contributed by atoms with Crippen molar-refractivity contribution in [1.82, 2.24) is 0 Å². The topological polar surface area (TPSA) is 55.4 Å². The normalized spacial score (nSPS) is 10.7. The predicted molar refractivity (Wildman–Crippen MR) is 102 cm³/mol. The molecule has 1 amide bonds. The summed E-state index contributed by atoms with van der Waals surface area (Å²) in [4.78, 5) is 24.4. The van der Waals surface area contributed by atoms with E-state index in [-0.39, 0.29) is 10.6 Å². The van der Waals surface area contributed by atoms with Gasteiger partial charge in [0.15, 0.2) is 6.61 Å². The maximum atomic E-state index is 12.2. The number of fused-ring (bicyclic) bond motifs is 1. The number of thiophene rings is 1. The van der Waals surface area contributed by atoms with E-state index in [0.29, 0.717) is 15.1 Å². The number of rotatable bonds is 4. The van der Waals surface area contributed by atoms with Crippen molar-refractivity contribution in [2.24, 2.45) is 0 Å². The second kappa shape index (κ2) is 7.62. The maximum Gasteiger partial charge on any atom is 0.350 e. The number of hydrogen-bond donors (Lipinski definition) is 1. The Morgan fingerprint density at radius 3 is 2.36 bits per heavy atom. The summed E-state index contributed by atoms with van der Waals surface area (Å²) in [6.07, 6.45) is 0. The molecule has 0 atom stereocenters. The first kappa shape index (κ1) is 18.0. The molecule has 25 heavy (non-hydrogen) atoms. The van der Waals surface area contributed by atoms with Gasteiger partial charge in [-0.05, 0) is 18.2 Å². The number of hydrogen-bond acceptors (Lipinski definition) is 4. The van der Waals surface area contributed by atoms with Crippen LogP contribution in [0, 0.1) is 0 Å². The summed E-state index contributed by atoms with van der Waals surface area (Å²) in [6, 6.07) is 12.2. The average Bonchev–Trinajstić information content (AvgIpc) is 2.93. The van der Waals surface area contributed by atoms with E-state index >= 15 is 0 Å². The smallest absolute Gasteiger partial charge is 0.350 e. The molecule has 1 aromatic heterocycles. The summed E-state index contributed by atoms with van der Waals surface area (Å²) in [5.74, 6) is -1.22. The van der Waals surface area contributed by atoms with Crippen molar-refractivity contribution in [1.29, 1.82) is 0 Å². The van der Waals surface area contributed by atoms with Crippen LogP contribution in [0.15, 0.2) is 42.5 Å². The van der Waals surface area contributed by atoms with Crippen LogP contribution in [-0.2, 0) is 9.53 Å². The van der Waals surface area contributed by atoms with Gasteiger partial charge in [0.1, 0.15) is 4.88 Å². The van der Waals surface area contributed by atoms with Gasteiger partial charge in [0, 0.05) is 10.1 Å². The molecule has 0 bridgehead atoms. The first-order valence-corrected chi connectivity index (χ1v) is 9.00. The van der Waals surface area contributed by atoms with Gasteiger partial charge in [0.25, 0.3) is 5.91 Å². The SMILES string of the molecule is O=C(COC(=O)c1sc2ccccc2c1Cl)Nc1c(Cl)cccc1Cl. The summed E-state index contributed by atoms with van der Waals surface area (Å²) in [5, 5.41) is 4.19. The van der Waals surface area contributed by atoms with Gasteiger partial charge in [-0.2, -0.15) is 0 Å². The minimum absolute atomic E-state index is 0.256. The number of esters is 1. The predicted octanol–water partition coefficient (Wildman–Crippen LogP) is 5.66. The molecule has 0 unspecified atom stereocenters. The molecule has 0 fully saturated rings. The molecule has 4 nitrogen and oxygen atoms in total. The van der Waals surface area contributed by atoms with Crippen LogP contribution in [0.2, 0.25) is 15.1 Å². The highest BCUT2D eigenvalue weighted by Crippen LogP contribution is 2.35. The molecule has 0 saturated carbocycles. The van der Waals surface area contributed by atoms with Crippen LogP contribution >= 0.6 is 46.1 Å². The fraction of sp³-hybridized carbons (Fsp3) is 0.0588. The van der Waals surface area contributed by atoms with E-state index in [1.165, 1.54) is 11.3 Å². The molecule has 0 aliphatic heterocycles. The van der Waals surface area contributed by atoms with E-state index < -0.39 is 18.5 Å². The Labute approximate surface area is 162 Å². The Morgan fingerprint density at radius 2 is 1.68 bits per heavy atom. The minimum atomic E-state index is -0.661. The molecule has 1 heterocycles. The van der Waals surface area contributed by atoms with Crippen LogP contribution in [0.4, 0.5) is 5.69 Å². The Bertz CT molecular complexity index is 951. The largest absolute Gasteiger partial charge is 0.451 e. The Kier molecular flexibility index (Phi) is 5.49. The average molecular weight is 415 g/mol. The summed E-state index contributed by atoms with van der Waals surface area (Å²) < 4.78 is 5.91. The standard InChI is InChI=1S/C17H10Cl3NO3S/c18-10-5-3-6-11(19)15(10)21-13(22)8-24-17(23)16-14(20)9-4-1-2-7-12(9)25-16/h1-7H,8H2,(H,21,22). The number of amides is 1. The monoisotopic (exact) mass is 413 g/mol. The van der Waals surface area contributed by atoms with Crippen LogP contribution in [0.25, 0.3) is 10.1 Å². The Balaban J connectivity index is 1.67. The van der Waals surface area contributed by atoms with Gasteiger partial charge in [0.2, 0.25) is 0 Å². The van der Waals surface area contributed by atoms with Crippen molar-refractivity contribution in [2.75, 3.05) is 11.9 Å².